The molecule has 0 spiro atoms. The molecule has 3 heterocycles. The Hall–Kier alpha value is -2.72. The topological polar surface area (TPSA) is 120 Å². The lowest BCUT2D eigenvalue weighted by atomic mass is 10.2. The van der Waals surface area contributed by atoms with Crippen LogP contribution in [-0.2, 0) is 19.7 Å². The molecule has 0 atom stereocenters. The zero-order valence-corrected chi connectivity index (χ0v) is 18.6. The number of hydrogen-bond acceptors (Lipinski definition) is 8. The lowest BCUT2D eigenvalue weighted by Gasteiger charge is -2.13. The fourth-order valence-electron chi connectivity index (χ4n) is 2.69. The maximum absolute atomic E-state index is 12.7. The normalized spacial score (nSPS) is 12.5. The second-order valence-corrected chi connectivity index (χ2v) is 12.0. The third kappa shape index (κ3) is 3.97. The van der Waals surface area contributed by atoms with Gasteiger partial charge in [0.15, 0.2) is 35.6 Å². The fourth-order valence-corrected chi connectivity index (χ4v) is 4.94. The molecule has 3 rings (SSSR count). The molecule has 0 aliphatic carbocycles. The predicted octanol–water partition coefficient (Wildman–Crippen LogP) is 2.96. The van der Waals surface area contributed by atoms with E-state index in [4.69, 9.17) is 0 Å². The molecule has 3 aromatic heterocycles. The van der Waals surface area contributed by atoms with Gasteiger partial charge in [-0.25, -0.2) is 36.8 Å². The van der Waals surface area contributed by atoms with Crippen molar-refractivity contribution in [2.75, 3.05) is 0 Å². The van der Waals surface area contributed by atoms with Gasteiger partial charge in [0.1, 0.15) is 0 Å². The van der Waals surface area contributed by atoms with Crippen LogP contribution in [-0.4, -0.2) is 47.3 Å². The highest BCUT2D eigenvalue weighted by atomic mass is 32.2. The van der Waals surface area contributed by atoms with Gasteiger partial charge in [-0.1, -0.05) is 0 Å². The van der Waals surface area contributed by atoms with E-state index in [2.05, 4.69) is 19.9 Å². The highest BCUT2D eigenvalue weighted by Crippen LogP contribution is 2.30. The van der Waals surface area contributed by atoms with E-state index >= 15 is 0 Å². The molecule has 0 bridgehead atoms. The van der Waals surface area contributed by atoms with Gasteiger partial charge in [0.2, 0.25) is 0 Å². The minimum Gasteiger partial charge on any atom is -0.244 e. The van der Waals surface area contributed by atoms with Crippen LogP contribution in [0.4, 0.5) is 0 Å². The van der Waals surface area contributed by atoms with Crippen LogP contribution in [0, 0.1) is 0 Å². The van der Waals surface area contributed by atoms with Gasteiger partial charge in [0.25, 0.3) is 0 Å². The van der Waals surface area contributed by atoms with Gasteiger partial charge >= 0.3 is 0 Å². The van der Waals surface area contributed by atoms with E-state index in [1.165, 1.54) is 18.6 Å². The highest BCUT2D eigenvalue weighted by Gasteiger charge is 2.27. The Labute approximate surface area is 176 Å². The van der Waals surface area contributed by atoms with Crippen molar-refractivity contribution in [1.29, 1.82) is 0 Å². The summed E-state index contributed by atoms with van der Waals surface area (Å²) in [6, 6.07) is 7.98. The van der Waals surface area contributed by atoms with Crippen LogP contribution in [0.5, 0.6) is 0 Å². The summed E-state index contributed by atoms with van der Waals surface area (Å²) in [6.07, 6.45) is 4.27. The molecule has 0 aliphatic heterocycles. The first-order valence-electron chi connectivity index (χ1n) is 9.28. The molecule has 0 unspecified atom stereocenters. The Kier molecular flexibility index (Phi) is 6.00. The van der Waals surface area contributed by atoms with Gasteiger partial charge in [-0.3, -0.25) is 0 Å². The summed E-state index contributed by atoms with van der Waals surface area (Å²) in [7, 11) is -7.33. The van der Waals surface area contributed by atoms with Crippen LogP contribution in [0.25, 0.3) is 22.6 Å². The Morgan fingerprint density at radius 1 is 0.667 bits per heavy atom. The van der Waals surface area contributed by atoms with Crippen LogP contribution in [0.15, 0.2) is 59.0 Å². The molecule has 158 valence electrons. The smallest absolute Gasteiger partial charge is 0.198 e. The van der Waals surface area contributed by atoms with E-state index in [0.29, 0.717) is 11.3 Å². The second kappa shape index (κ2) is 8.19. The summed E-state index contributed by atoms with van der Waals surface area (Å²) in [5, 5.41) is -1.52. The van der Waals surface area contributed by atoms with E-state index in [1.54, 1.807) is 58.0 Å². The minimum atomic E-state index is -3.68. The van der Waals surface area contributed by atoms with E-state index in [1.807, 2.05) is 0 Å². The van der Waals surface area contributed by atoms with Gasteiger partial charge in [0, 0.05) is 24.2 Å². The van der Waals surface area contributed by atoms with Crippen molar-refractivity contribution in [1.82, 2.24) is 19.9 Å². The lowest BCUT2D eigenvalue weighted by molar-refractivity contribution is 0.582. The molecule has 3 aromatic rings. The van der Waals surface area contributed by atoms with Gasteiger partial charge in [-0.2, -0.15) is 0 Å². The molecule has 0 radical (unpaired) electrons. The molecule has 0 saturated carbocycles. The molecule has 30 heavy (non-hydrogen) atoms. The molecule has 10 heteroatoms. The number of rotatable bonds is 6. The van der Waals surface area contributed by atoms with Gasteiger partial charge < -0.3 is 0 Å². The molecule has 0 N–H and O–H groups in total. The van der Waals surface area contributed by atoms with Crippen molar-refractivity contribution in [3.05, 3.63) is 48.9 Å². The first kappa shape index (κ1) is 22.0. The van der Waals surface area contributed by atoms with Gasteiger partial charge in [-0.15, -0.1) is 0 Å². The zero-order chi connectivity index (χ0) is 22.1. The van der Waals surface area contributed by atoms with E-state index < -0.39 is 30.2 Å². The first-order chi connectivity index (χ1) is 14.1. The SMILES string of the molecule is CC(C)S(=O)(=O)c1ncccc1-c1ccnc(-c2cccnc2S(=O)(=O)C(C)C)n1. The summed E-state index contributed by atoms with van der Waals surface area (Å²) in [5.41, 5.74) is 0.904. The van der Waals surface area contributed by atoms with Crippen molar-refractivity contribution in [2.45, 2.75) is 48.2 Å². The largest absolute Gasteiger partial charge is 0.244 e. The predicted molar refractivity (Wildman–Crippen MR) is 113 cm³/mol. The van der Waals surface area contributed by atoms with E-state index in [0.717, 1.165) is 0 Å². The van der Waals surface area contributed by atoms with Crippen LogP contribution in [0.1, 0.15) is 27.7 Å². The number of aromatic nitrogens is 4. The summed E-state index contributed by atoms with van der Waals surface area (Å²) in [5.74, 6) is 0.136. The average molecular weight is 447 g/mol. The molecular formula is C20H22N4O4S2. The lowest BCUT2D eigenvalue weighted by Crippen LogP contribution is -2.17. The minimum absolute atomic E-state index is 0.0779. The van der Waals surface area contributed by atoms with Crippen LogP contribution >= 0.6 is 0 Å². The summed E-state index contributed by atoms with van der Waals surface area (Å²) < 4.78 is 51.0. The summed E-state index contributed by atoms with van der Waals surface area (Å²) in [4.78, 5) is 16.8. The molecule has 0 aromatic carbocycles. The van der Waals surface area contributed by atoms with E-state index in [9.17, 15) is 16.8 Å². The monoisotopic (exact) mass is 446 g/mol. The number of pyridine rings is 2. The van der Waals surface area contributed by atoms with Crippen LogP contribution in [0.2, 0.25) is 0 Å². The Bertz CT molecular complexity index is 1190. The maximum atomic E-state index is 12.7. The Balaban J connectivity index is 2.21. The number of sulfone groups is 2. The Morgan fingerprint density at radius 3 is 1.70 bits per heavy atom. The third-order valence-corrected chi connectivity index (χ3v) is 8.71. The number of nitrogens with zero attached hydrogens (tertiary/aromatic N) is 4. The molecule has 0 saturated heterocycles. The summed E-state index contributed by atoms with van der Waals surface area (Å²) in [6.45, 7) is 6.31. The number of hydrogen-bond donors (Lipinski definition) is 0. The van der Waals surface area contributed by atoms with Crippen molar-refractivity contribution in [3.8, 4) is 22.6 Å². The first-order valence-corrected chi connectivity index (χ1v) is 12.4. The standard InChI is InChI=1S/C20H22N4O4S2/c1-13(2)29(25,26)19-15(7-5-10-22-19)17-9-12-21-18(24-17)16-8-6-11-23-20(16)30(27,28)14(3)4/h5-14H,1-4H3. The van der Waals surface area contributed by atoms with Crippen molar-refractivity contribution in [3.63, 3.8) is 0 Å². The van der Waals surface area contributed by atoms with Crippen LogP contribution in [0.3, 0.4) is 0 Å². The van der Waals surface area contributed by atoms with E-state index in [-0.39, 0.29) is 21.4 Å². The summed E-state index contributed by atoms with van der Waals surface area (Å²) >= 11 is 0. The molecule has 0 aliphatic rings. The fraction of sp³-hybridized carbons (Fsp3) is 0.300. The van der Waals surface area contributed by atoms with Crippen molar-refractivity contribution >= 4 is 19.7 Å². The molecule has 0 fully saturated rings. The molecular weight excluding hydrogens is 424 g/mol. The van der Waals surface area contributed by atoms with Gasteiger partial charge in [-0.05, 0) is 58.0 Å². The maximum Gasteiger partial charge on any atom is 0.198 e. The van der Waals surface area contributed by atoms with Crippen molar-refractivity contribution in [2.24, 2.45) is 0 Å². The quantitative estimate of drug-likeness (QED) is 0.567. The third-order valence-electron chi connectivity index (χ3n) is 4.49. The average Bonchev–Trinajstić information content (AvgIpc) is 2.73. The Morgan fingerprint density at radius 2 is 1.17 bits per heavy atom. The molecule has 8 nitrogen and oxygen atoms in total. The van der Waals surface area contributed by atoms with Gasteiger partial charge in [0.05, 0.1) is 21.8 Å². The van der Waals surface area contributed by atoms with Crippen LogP contribution < -0.4 is 0 Å². The zero-order valence-electron chi connectivity index (χ0n) is 17.0. The second-order valence-electron chi connectivity index (χ2n) is 7.17. The highest BCUT2D eigenvalue weighted by molar-refractivity contribution is 7.92. The molecule has 0 amide bonds. The van der Waals surface area contributed by atoms with Crippen molar-refractivity contribution < 1.29 is 16.8 Å².